The summed E-state index contributed by atoms with van der Waals surface area (Å²) in [6.45, 7) is 6.91. The van der Waals surface area contributed by atoms with Crippen molar-refractivity contribution in [3.05, 3.63) is 59.7 Å². The number of benzene rings is 2. The van der Waals surface area contributed by atoms with Gasteiger partial charge >= 0.3 is 12.1 Å². The number of alkyl carbamates (subject to hydrolysis) is 1. The van der Waals surface area contributed by atoms with E-state index >= 15 is 0 Å². The summed E-state index contributed by atoms with van der Waals surface area (Å²) >= 11 is 0. The number of amides is 2. The lowest BCUT2D eigenvalue weighted by atomic mass is 10.0. The topological polar surface area (TPSA) is 138 Å². The zero-order chi connectivity index (χ0) is 28.7. The highest BCUT2D eigenvalue weighted by Gasteiger charge is 2.29. The molecule has 0 unspecified atom stereocenters. The van der Waals surface area contributed by atoms with Crippen molar-refractivity contribution in [1.82, 2.24) is 20.2 Å². The third kappa shape index (κ3) is 8.42. The summed E-state index contributed by atoms with van der Waals surface area (Å²) in [6, 6.07) is 8.91. The molecule has 4 N–H and O–H groups in total. The van der Waals surface area contributed by atoms with Crippen LogP contribution in [0, 0.1) is 5.82 Å². The minimum atomic E-state index is -1.10. The number of esters is 1. The monoisotopic (exact) mass is 541 g/mol. The summed E-state index contributed by atoms with van der Waals surface area (Å²) < 4.78 is 25.8. The van der Waals surface area contributed by atoms with E-state index in [0.717, 1.165) is 11.0 Å². The fourth-order valence-corrected chi connectivity index (χ4v) is 4.04. The molecule has 2 amide bonds. The molecular formula is C28H36FN5O5. The fraction of sp³-hybridized carbons (Fsp3) is 0.429. The Morgan fingerprint density at radius 2 is 1.77 bits per heavy atom. The molecule has 210 valence electrons. The van der Waals surface area contributed by atoms with Gasteiger partial charge in [-0.25, -0.2) is 19.0 Å². The maximum atomic E-state index is 13.4. The molecule has 0 bridgehead atoms. The summed E-state index contributed by atoms with van der Waals surface area (Å²) in [5, 5.41) is 5.29. The summed E-state index contributed by atoms with van der Waals surface area (Å²) in [5.41, 5.74) is 7.90. The first kappa shape index (κ1) is 29.4. The molecule has 3 aromatic rings. The summed E-state index contributed by atoms with van der Waals surface area (Å²) in [5.74, 6) is -0.937. The van der Waals surface area contributed by atoms with Crippen LogP contribution in [0.1, 0.15) is 45.5 Å². The first-order chi connectivity index (χ1) is 18.4. The van der Waals surface area contributed by atoms with Crippen molar-refractivity contribution in [3.63, 3.8) is 0 Å². The molecule has 0 aliphatic carbocycles. The Morgan fingerprint density at radius 3 is 2.41 bits per heavy atom. The van der Waals surface area contributed by atoms with Crippen LogP contribution < -0.4 is 16.4 Å². The molecular weight excluding hydrogens is 505 g/mol. The molecule has 0 spiro atoms. The third-order valence-corrected chi connectivity index (χ3v) is 5.90. The number of imidazole rings is 1. The molecule has 11 heteroatoms. The molecule has 0 fully saturated rings. The van der Waals surface area contributed by atoms with Crippen LogP contribution in [0.25, 0.3) is 11.0 Å². The van der Waals surface area contributed by atoms with Crippen LogP contribution in [0.3, 0.4) is 0 Å². The van der Waals surface area contributed by atoms with Gasteiger partial charge in [0.15, 0.2) is 0 Å². The highest BCUT2D eigenvalue weighted by molar-refractivity contribution is 5.90. The van der Waals surface area contributed by atoms with Crippen molar-refractivity contribution in [2.24, 2.45) is 7.05 Å². The van der Waals surface area contributed by atoms with E-state index in [1.807, 2.05) is 17.7 Å². The van der Waals surface area contributed by atoms with Crippen molar-refractivity contribution >= 4 is 34.7 Å². The quantitative estimate of drug-likeness (QED) is 0.264. The maximum absolute atomic E-state index is 13.4. The van der Waals surface area contributed by atoms with Gasteiger partial charge in [-0.05, 0) is 70.0 Å². The van der Waals surface area contributed by atoms with Crippen molar-refractivity contribution in [2.45, 2.75) is 64.6 Å². The van der Waals surface area contributed by atoms with E-state index in [1.54, 1.807) is 39.8 Å². The van der Waals surface area contributed by atoms with Gasteiger partial charge < -0.3 is 30.4 Å². The van der Waals surface area contributed by atoms with Crippen LogP contribution in [-0.4, -0.2) is 51.8 Å². The van der Waals surface area contributed by atoms with E-state index in [2.05, 4.69) is 15.6 Å². The second kappa shape index (κ2) is 12.6. The third-order valence-electron chi connectivity index (χ3n) is 5.90. The number of nitrogen functional groups attached to an aromatic ring is 1. The molecule has 3 rings (SSSR count). The largest absolute Gasteiger partial charge is 0.464 e. The number of anilines is 1. The van der Waals surface area contributed by atoms with Crippen LogP contribution in [0.15, 0.2) is 42.5 Å². The Bertz CT molecular complexity index is 1320. The number of ether oxygens (including phenoxy) is 2. The maximum Gasteiger partial charge on any atom is 0.408 e. The van der Waals surface area contributed by atoms with Gasteiger partial charge in [0.05, 0.1) is 17.6 Å². The Balaban J connectivity index is 1.79. The number of hydrogen-bond acceptors (Lipinski definition) is 7. The first-order valence-corrected chi connectivity index (χ1v) is 12.8. The molecule has 0 saturated carbocycles. The van der Waals surface area contributed by atoms with Gasteiger partial charge in [0, 0.05) is 25.6 Å². The smallest absolute Gasteiger partial charge is 0.408 e. The second-order valence-corrected chi connectivity index (χ2v) is 10.2. The zero-order valence-electron chi connectivity index (χ0n) is 22.9. The van der Waals surface area contributed by atoms with E-state index in [0.29, 0.717) is 23.5 Å². The number of aromatic nitrogens is 2. The Morgan fingerprint density at radius 1 is 1.08 bits per heavy atom. The fourth-order valence-electron chi connectivity index (χ4n) is 4.04. The molecule has 0 radical (unpaired) electrons. The lowest BCUT2D eigenvalue weighted by molar-refractivity contribution is -0.147. The molecule has 0 saturated heterocycles. The average Bonchev–Trinajstić information content (AvgIpc) is 3.15. The number of nitrogens with zero attached hydrogens (tertiary/aromatic N) is 2. The summed E-state index contributed by atoms with van der Waals surface area (Å²) in [6.07, 6.45) is -0.187. The van der Waals surface area contributed by atoms with Crippen LogP contribution in [0.5, 0.6) is 0 Å². The van der Waals surface area contributed by atoms with Gasteiger partial charge in [0.1, 0.15) is 29.3 Å². The van der Waals surface area contributed by atoms with Gasteiger partial charge in [-0.2, -0.15) is 0 Å². The molecule has 1 aromatic heterocycles. The Labute approximate surface area is 227 Å². The summed E-state index contributed by atoms with van der Waals surface area (Å²) in [7, 11) is 1.86. The average molecular weight is 542 g/mol. The number of rotatable bonds is 10. The first-order valence-electron chi connectivity index (χ1n) is 12.8. The molecule has 1 heterocycles. The van der Waals surface area contributed by atoms with Gasteiger partial charge in [-0.1, -0.05) is 12.1 Å². The predicted octanol–water partition coefficient (Wildman–Crippen LogP) is 3.41. The van der Waals surface area contributed by atoms with Crippen molar-refractivity contribution in [3.8, 4) is 0 Å². The van der Waals surface area contributed by atoms with E-state index in [9.17, 15) is 18.8 Å². The molecule has 0 aliphatic rings. The Hall–Kier alpha value is -4.15. The minimum Gasteiger partial charge on any atom is -0.464 e. The van der Waals surface area contributed by atoms with Crippen LogP contribution in [-0.2, 0) is 39.0 Å². The highest BCUT2D eigenvalue weighted by atomic mass is 19.1. The number of carbonyl (C=O) groups excluding carboxylic acids is 3. The van der Waals surface area contributed by atoms with Crippen LogP contribution in [0.2, 0.25) is 0 Å². The lowest BCUT2D eigenvalue weighted by Crippen LogP contribution is -2.53. The van der Waals surface area contributed by atoms with Gasteiger partial charge in [-0.3, -0.25) is 4.79 Å². The molecule has 2 atom stereocenters. The molecule has 2 aromatic carbocycles. The number of hydrogen-bond donors (Lipinski definition) is 3. The van der Waals surface area contributed by atoms with Gasteiger partial charge in [-0.15, -0.1) is 0 Å². The standard InChI is InChI=1S/C28H36FN5O5/c1-6-38-26(36)20(12-14-24-31-21-16-19(30)11-13-23(21)34(24)5)32-25(35)22(33-27(37)39-28(2,3)4)15-17-7-9-18(29)10-8-17/h7-11,13,16,20,22H,6,12,14-15,30H2,1-5H3,(H,32,35)(H,33,37)/t20-,22-/m0/s1. The normalized spacial score (nSPS) is 13.0. The van der Waals surface area contributed by atoms with Crippen molar-refractivity contribution in [1.29, 1.82) is 0 Å². The number of nitrogens with two attached hydrogens (primary N) is 1. The van der Waals surface area contributed by atoms with Gasteiger partial charge in [0.2, 0.25) is 5.91 Å². The van der Waals surface area contributed by atoms with E-state index in [-0.39, 0.29) is 19.4 Å². The van der Waals surface area contributed by atoms with Crippen molar-refractivity contribution < 1.29 is 28.2 Å². The van der Waals surface area contributed by atoms with E-state index < -0.39 is 41.5 Å². The molecule has 0 aliphatic heterocycles. The minimum absolute atomic E-state index is 0.0487. The van der Waals surface area contributed by atoms with Gasteiger partial charge in [0.25, 0.3) is 0 Å². The zero-order valence-corrected chi connectivity index (χ0v) is 22.9. The van der Waals surface area contributed by atoms with Crippen LogP contribution >= 0.6 is 0 Å². The number of nitrogens with one attached hydrogen (secondary N) is 2. The van der Waals surface area contributed by atoms with Crippen LogP contribution in [0.4, 0.5) is 14.9 Å². The number of carbonyl (C=O) groups is 3. The number of fused-ring (bicyclic) bond motifs is 1. The van der Waals surface area contributed by atoms with E-state index in [4.69, 9.17) is 15.2 Å². The van der Waals surface area contributed by atoms with E-state index in [1.165, 1.54) is 24.3 Å². The summed E-state index contributed by atoms with van der Waals surface area (Å²) in [4.78, 5) is 43.3. The molecule has 39 heavy (non-hydrogen) atoms. The number of aryl methyl sites for hydroxylation is 2. The SMILES string of the molecule is CCOC(=O)[C@H](CCc1nc2cc(N)ccc2n1C)NC(=O)[C@H](Cc1ccc(F)cc1)NC(=O)OC(C)(C)C. The predicted molar refractivity (Wildman–Crippen MR) is 145 cm³/mol. The molecule has 10 nitrogen and oxygen atoms in total. The number of halogens is 1. The highest BCUT2D eigenvalue weighted by Crippen LogP contribution is 2.19. The Kier molecular flexibility index (Phi) is 9.50. The van der Waals surface area contributed by atoms with Crippen molar-refractivity contribution in [2.75, 3.05) is 12.3 Å². The lowest BCUT2D eigenvalue weighted by Gasteiger charge is -2.25. The second-order valence-electron chi connectivity index (χ2n) is 10.2.